The number of hydrogen-bond acceptors (Lipinski definition) is 2. The fourth-order valence-electron chi connectivity index (χ4n) is 2.10. The number of thiophene rings is 1. The highest BCUT2D eigenvalue weighted by Gasteiger charge is 2.30. The molecule has 6 heteroatoms. The summed E-state index contributed by atoms with van der Waals surface area (Å²) in [5.74, 6) is 0. The lowest BCUT2D eigenvalue weighted by Gasteiger charge is -2.20. The maximum atomic E-state index is 12.7. The zero-order valence-electron chi connectivity index (χ0n) is 11.5. The summed E-state index contributed by atoms with van der Waals surface area (Å²) >= 11 is 7.36. The molecule has 0 aliphatic rings. The summed E-state index contributed by atoms with van der Waals surface area (Å²) in [4.78, 5) is 1.05. The highest BCUT2D eigenvalue weighted by molar-refractivity contribution is 7.16. The minimum atomic E-state index is -4.32. The third-order valence-corrected chi connectivity index (χ3v) is 4.65. The Morgan fingerprint density at radius 3 is 2.38 bits per heavy atom. The van der Waals surface area contributed by atoms with Crippen LogP contribution in [0.2, 0.25) is 4.34 Å². The molecule has 114 valence electrons. The van der Waals surface area contributed by atoms with Crippen LogP contribution in [0.3, 0.4) is 0 Å². The second kappa shape index (κ2) is 6.38. The minimum absolute atomic E-state index is 0.0204. The molecule has 0 saturated carbocycles. The van der Waals surface area contributed by atoms with Gasteiger partial charge in [0, 0.05) is 17.0 Å². The molecule has 0 saturated heterocycles. The van der Waals surface area contributed by atoms with Crippen LogP contribution >= 0.6 is 22.9 Å². The van der Waals surface area contributed by atoms with Crippen LogP contribution in [0.4, 0.5) is 13.2 Å². The third kappa shape index (κ3) is 4.22. The second-order valence-electron chi connectivity index (χ2n) is 4.88. The molecule has 2 atom stereocenters. The topological polar surface area (TPSA) is 12.0 Å². The number of benzene rings is 1. The van der Waals surface area contributed by atoms with Gasteiger partial charge in [-0.25, -0.2) is 0 Å². The van der Waals surface area contributed by atoms with Crippen molar-refractivity contribution in [3.8, 4) is 0 Å². The van der Waals surface area contributed by atoms with Crippen LogP contribution in [0.1, 0.15) is 41.9 Å². The van der Waals surface area contributed by atoms with E-state index in [1.807, 2.05) is 26.0 Å². The molecule has 1 nitrogen and oxygen atoms in total. The first-order valence-corrected chi connectivity index (χ1v) is 7.65. The van der Waals surface area contributed by atoms with Gasteiger partial charge in [0.05, 0.1) is 9.90 Å². The molecule has 1 N–H and O–H groups in total. The summed E-state index contributed by atoms with van der Waals surface area (Å²) in [6.45, 7) is 3.81. The fourth-order valence-corrected chi connectivity index (χ4v) is 3.17. The van der Waals surface area contributed by atoms with Crippen LogP contribution in [-0.2, 0) is 6.18 Å². The maximum Gasteiger partial charge on any atom is 0.416 e. The molecule has 0 radical (unpaired) electrons. The van der Waals surface area contributed by atoms with Crippen molar-refractivity contribution < 1.29 is 13.2 Å². The minimum Gasteiger partial charge on any atom is -0.303 e. The van der Waals surface area contributed by atoms with E-state index in [9.17, 15) is 13.2 Å². The van der Waals surface area contributed by atoms with Crippen LogP contribution in [-0.4, -0.2) is 0 Å². The lowest BCUT2D eigenvalue weighted by atomic mass is 10.0. The average molecular weight is 334 g/mol. The Kier molecular flexibility index (Phi) is 4.96. The van der Waals surface area contributed by atoms with Crippen molar-refractivity contribution >= 4 is 22.9 Å². The number of hydrogen-bond donors (Lipinski definition) is 1. The maximum absolute atomic E-state index is 12.7. The predicted octanol–water partition coefficient (Wildman–Crippen LogP) is 5.83. The van der Waals surface area contributed by atoms with Crippen molar-refractivity contribution in [2.75, 3.05) is 0 Å². The molecule has 2 unspecified atom stereocenters. The molecule has 0 amide bonds. The van der Waals surface area contributed by atoms with Gasteiger partial charge in [-0.3, -0.25) is 0 Å². The number of alkyl halides is 3. The normalized spacial score (nSPS) is 15.0. The molecular weight excluding hydrogens is 319 g/mol. The van der Waals surface area contributed by atoms with Gasteiger partial charge >= 0.3 is 6.18 Å². The monoisotopic (exact) mass is 333 g/mol. The Balaban J connectivity index is 2.11. The van der Waals surface area contributed by atoms with Gasteiger partial charge in [0.25, 0.3) is 0 Å². The lowest BCUT2D eigenvalue weighted by molar-refractivity contribution is -0.137. The summed E-state index contributed by atoms with van der Waals surface area (Å²) in [5, 5.41) is 3.29. The van der Waals surface area contributed by atoms with Crippen LogP contribution in [0.5, 0.6) is 0 Å². The van der Waals surface area contributed by atoms with Gasteiger partial charge in [0.2, 0.25) is 0 Å². The summed E-state index contributed by atoms with van der Waals surface area (Å²) in [7, 11) is 0. The van der Waals surface area contributed by atoms with Crippen molar-refractivity contribution in [1.29, 1.82) is 0 Å². The molecule has 0 bridgehead atoms. The van der Waals surface area contributed by atoms with E-state index < -0.39 is 11.7 Å². The van der Waals surface area contributed by atoms with E-state index in [1.165, 1.54) is 23.5 Å². The first-order chi connectivity index (χ1) is 9.77. The molecule has 0 aliphatic heterocycles. The number of rotatable bonds is 4. The molecule has 1 aromatic carbocycles. The molecule has 2 rings (SSSR count). The van der Waals surface area contributed by atoms with E-state index in [0.29, 0.717) is 9.90 Å². The fraction of sp³-hybridized carbons (Fsp3) is 0.333. The lowest BCUT2D eigenvalue weighted by Crippen LogP contribution is -2.22. The first kappa shape index (κ1) is 16.3. The average Bonchev–Trinajstić information content (AvgIpc) is 2.84. The van der Waals surface area contributed by atoms with E-state index in [4.69, 9.17) is 11.6 Å². The van der Waals surface area contributed by atoms with Gasteiger partial charge in [0.1, 0.15) is 0 Å². The van der Waals surface area contributed by atoms with Crippen LogP contribution < -0.4 is 5.32 Å². The van der Waals surface area contributed by atoms with Gasteiger partial charge in [-0.15, -0.1) is 11.3 Å². The zero-order valence-corrected chi connectivity index (χ0v) is 13.1. The van der Waals surface area contributed by atoms with Crippen molar-refractivity contribution in [3.63, 3.8) is 0 Å². The Bertz CT molecular complexity index is 609. The second-order valence-corrected chi connectivity index (χ2v) is 6.62. The molecule has 0 fully saturated rings. The van der Waals surface area contributed by atoms with Crippen LogP contribution in [0.25, 0.3) is 0 Å². The molecule has 21 heavy (non-hydrogen) atoms. The van der Waals surface area contributed by atoms with Crippen molar-refractivity contribution in [1.82, 2.24) is 5.32 Å². The Hall–Kier alpha value is -1.04. The third-order valence-electron chi connectivity index (χ3n) is 3.23. The van der Waals surface area contributed by atoms with Crippen molar-refractivity contribution in [3.05, 3.63) is 56.7 Å². The number of nitrogens with one attached hydrogen (secondary N) is 1. The van der Waals surface area contributed by atoms with E-state index >= 15 is 0 Å². The summed E-state index contributed by atoms with van der Waals surface area (Å²) < 4.78 is 38.9. The van der Waals surface area contributed by atoms with Crippen LogP contribution in [0.15, 0.2) is 36.4 Å². The molecule has 1 heterocycles. The zero-order chi connectivity index (χ0) is 15.6. The molecule has 2 aromatic rings. The van der Waals surface area contributed by atoms with Gasteiger partial charge in [-0.2, -0.15) is 13.2 Å². The molecule has 1 aromatic heterocycles. The highest BCUT2D eigenvalue weighted by Crippen LogP contribution is 2.32. The van der Waals surface area contributed by atoms with E-state index in [1.54, 1.807) is 6.07 Å². The standard InChI is InChI=1S/C15H15ClF3NS/c1-9(20-10(2)13-6-7-14(16)21-13)11-4-3-5-12(8-11)15(17,18)19/h3-10,20H,1-2H3. The predicted molar refractivity (Wildman–Crippen MR) is 80.7 cm³/mol. The van der Waals surface area contributed by atoms with Crippen LogP contribution in [0, 0.1) is 0 Å². The first-order valence-electron chi connectivity index (χ1n) is 6.46. The van der Waals surface area contributed by atoms with Crippen molar-refractivity contribution in [2.45, 2.75) is 32.1 Å². The highest BCUT2D eigenvalue weighted by atomic mass is 35.5. The summed E-state index contributed by atoms with van der Waals surface area (Å²) in [5.41, 5.74) is -0.0141. The van der Waals surface area contributed by atoms with Crippen molar-refractivity contribution in [2.24, 2.45) is 0 Å². The molecule has 0 spiro atoms. The molecular formula is C15H15ClF3NS. The Morgan fingerprint density at radius 2 is 1.81 bits per heavy atom. The summed E-state index contributed by atoms with van der Waals surface area (Å²) in [6, 6.07) is 8.96. The SMILES string of the molecule is CC(NC(C)c1ccc(Cl)s1)c1cccc(C(F)(F)F)c1. The Morgan fingerprint density at radius 1 is 1.10 bits per heavy atom. The smallest absolute Gasteiger partial charge is 0.303 e. The van der Waals surface area contributed by atoms with Gasteiger partial charge in [-0.1, -0.05) is 23.7 Å². The quantitative estimate of drug-likeness (QED) is 0.742. The molecule has 0 aliphatic carbocycles. The van der Waals surface area contributed by atoms with E-state index in [-0.39, 0.29) is 12.1 Å². The van der Waals surface area contributed by atoms with Gasteiger partial charge in [-0.05, 0) is 43.7 Å². The number of halogens is 4. The summed E-state index contributed by atoms with van der Waals surface area (Å²) in [6.07, 6.45) is -4.32. The van der Waals surface area contributed by atoms with E-state index in [0.717, 1.165) is 10.9 Å². The van der Waals surface area contributed by atoms with E-state index in [2.05, 4.69) is 5.32 Å². The largest absolute Gasteiger partial charge is 0.416 e. The Labute approximate surface area is 130 Å². The van der Waals surface area contributed by atoms with Gasteiger partial charge < -0.3 is 5.32 Å². The van der Waals surface area contributed by atoms with Gasteiger partial charge in [0.15, 0.2) is 0 Å².